The lowest BCUT2D eigenvalue weighted by Crippen LogP contribution is -2.16. The molecule has 1 aromatic heterocycles. The fourth-order valence-electron chi connectivity index (χ4n) is 1.72. The predicted molar refractivity (Wildman–Crippen MR) is 77.4 cm³/mol. The third kappa shape index (κ3) is 3.68. The van der Waals surface area contributed by atoms with Gasteiger partial charge in [0.1, 0.15) is 5.69 Å². The van der Waals surface area contributed by atoms with E-state index in [9.17, 15) is 0 Å². The molecule has 1 unspecified atom stereocenters. The van der Waals surface area contributed by atoms with Gasteiger partial charge in [-0.05, 0) is 19.1 Å². The van der Waals surface area contributed by atoms with Crippen LogP contribution in [-0.2, 0) is 0 Å². The number of aryl methyl sites for hydroxylation is 1. The van der Waals surface area contributed by atoms with Gasteiger partial charge in [0.05, 0.1) is 13.2 Å². The lowest BCUT2D eigenvalue weighted by Gasteiger charge is -2.13. The Kier molecular flexibility index (Phi) is 4.76. The first-order valence-corrected chi connectivity index (χ1v) is 6.99. The summed E-state index contributed by atoms with van der Waals surface area (Å²) in [5.41, 5.74) is 8.10. The van der Waals surface area contributed by atoms with E-state index < -0.39 is 0 Å². The Bertz CT molecular complexity index is 548. The molecule has 2 aromatic rings. The second-order valence-electron chi connectivity index (χ2n) is 4.18. The average Bonchev–Trinajstić information content (AvgIpc) is 2.45. The number of methoxy groups -OCH3 is 1. The summed E-state index contributed by atoms with van der Waals surface area (Å²) in [6, 6.07) is 8.15. The van der Waals surface area contributed by atoms with E-state index in [1.54, 1.807) is 31.3 Å². The minimum absolute atomic E-state index is 0.200. The van der Waals surface area contributed by atoms with E-state index in [4.69, 9.17) is 10.5 Å². The van der Waals surface area contributed by atoms with Crippen molar-refractivity contribution in [1.82, 2.24) is 9.97 Å². The molecule has 19 heavy (non-hydrogen) atoms. The van der Waals surface area contributed by atoms with Crippen LogP contribution < -0.4 is 10.5 Å². The Labute approximate surface area is 117 Å². The molecule has 100 valence electrons. The van der Waals surface area contributed by atoms with E-state index in [0.29, 0.717) is 11.6 Å². The zero-order chi connectivity index (χ0) is 13.7. The van der Waals surface area contributed by atoms with Crippen LogP contribution >= 0.6 is 11.8 Å². The minimum atomic E-state index is -0.200. The molecule has 4 nitrogen and oxygen atoms in total. The van der Waals surface area contributed by atoms with Crippen molar-refractivity contribution >= 4 is 11.8 Å². The number of ether oxygens (including phenoxy) is 1. The Hall–Kier alpha value is -1.59. The van der Waals surface area contributed by atoms with Gasteiger partial charge in [0.15, 0.2) is 0 Å². The SMILES string of the molecule is COc1nccnc1C(N)CSc1cccc(C)c1. The van der Waals surface area contributed by atoms with Crippen molar-refractivity contribution in [2.45, 2.75) is 17.9 Å². The standard InChI is InChI=1S/C14H17N3OS/c1-10-4-3-5-11(8-10)19-9-12(15)13-14(18-2)17-7-6-16-13/h3-8,12H,9,15H2,1-2H3. The molecular formula is C14H17N3OS. The van der Waals surface area contributed by atoms with Crippen LogP contribution in [0.4, 0.5) is 0 Å². The predicted octanol–water partition coefficient (Wildman–Crippen LogP) is 2.59. The lowest BCUT2D eigenvalue weighted by atomic mass is 10.2. The van der Waals surface area contributed by atoms with Crippen molar-refractivity contribution in [3.8, 4) is 5.88 Å². The Balaban J connectivity index is 2.03. The van der Waals surface area contributed by atoms with E-state index in [1.165, 1.54) is 10.5 Å². The van der Waals surface area contributed by atoms with Gasteiger partial charge >= 0.3 is 0 Å². The van der Waals surface area contributed by atoms with Crippen LogP contribution in [0.1, 0.15) is 17.3 Å². The number of aromatic nitrogens is 2. The maximum Gasteiger partial charge on any atom is 0.237 e. The third-order valence-electron chi connectivity index (χ3n) is 2.65. The highest BCUT2D eigenvalue weighted by Gasteiger charge is 2.14. The molecule has 2 N–H and O–H groups in total. The molecule has 0 amide bonds. The normalized spacial score (nSPS) is 12.2. The van der Waals surface area contributed by atoms with Gasteiger partial charge in [-0.25, -0.2) is 4.98 Å². The van der Waals surface area contributed by atoms with Crippen molar-refractivity contribution in [3.63, 3.8) is 0 Å². The maximum atomic E-state index is 6.15. The fourth-order valence-corrected chi connectivity index (χ4v) is 2.69. The van der Waals surface area contributed by atoms with E-state index in [2.05, 4.69) is 35.1 Å². The topological polar surface area (TPSA) is 61.0 Å². The number of nitrogens with two attached hydrogens (primary N) is 1. The summed E-state index contributed by atoms with van der Waals surface area (Å²) in [5.74, 6) is 1.23. The molecule has 1 atom stereocenters. The first-order valence-electron chi connectivity index (χ1n) is 6.00. The smallest absolute Gasteiger partial charge is 0.237 e. The number of nitrogens with zero attached hydrogens (tertiary/aromatic N) is 2. The molecule has 1 aromatic carbocycles. The summed E-state index contributed by atoms with van der Waals surface area (Å²) in [6.07, 6.45) is 3.23. The zero-order valence-electron chi connectivity index (χ0n) is 11.0. The molecule has 0 aliphatic rings. The van der Waals surface area contributed by atoms with Crippen LogP contribution in [0.3, 0.4) is 0 Å². The quantitative estimate of drug-likeness (QED) is 0.850. The number of rotatable bonds is 5. The van der Waals surface area contributed by atoms with Crippen LogP contribution in [0.5, 0.6) is 5.88 Å². The van der Waals surface area contributed by atoms with Crippen molar-refractivity contribution in [1.29, 1.82) is 0 Å². The first kappa shape index (κ1) is 13.8. The zero-order valence-corrected chi connectivity index (χ0v) is 11.9. The molecule has 1 heterocycles. The van der Waals surface area contributed by atoms with Gasteiger partial charge in [-0.15, -0.1) is 11.8 Å². The maximum absolute atomic E-state index is 6.15. The van der Waals surface area contributed by atoms with Crippen molar-refractivity contribution < 1.29 is 4.74 Å². The summed E-state index contributed by atoms with van der Waals surface area (Å²) in [4.78, 5) is 9.57. The van der Waals surface area contributed by atoms with Gasteiger partial charge in [0, 0.05) is 23.0 Å². The van der Waals surface area contributed by atoms with E-state index in [-0.39, 0.29) is 6.04 Å². The fraction of sp³-hybridized carbons (Fsp3) is 0.286. The van der Waals surface area contributed by atoms with Crippen LogP contribution in [0.25, 0.3) is 0 Å². The highest BCUT2D eigenvalue weighted by atomic mass is 32.2. The van der Waals surface area contributed by atoms with Gasteiger partial charge in [-0.2, -0.15) is 0 Å². The molecule has 0 saturated heterocycles. The summed E-state index contributed by atoms with van der Waals surface area (Å²) in [5, 5.41) is 0. The van der Waals surface area contributed by atoms with Crippen molar-refractivity contribution in [2.24, 2.45) is 5.73 Å². The number of hydrogen-bond donors (Lipinski definition) is 1. The van der Waals surface area contributed by atoms with E-state index in [1.807, 2.05) is 6.07 Å². The van der Waals surface area contributed by atoms with E-state index >= 15 is 0 Å². The van der Waals surface area contributed by atoms with Crippen LogP contribution in [0.2, 0.25) is 0 Å². The van der Waals surface area contributed by atoms with Gasteiger partial charge in [-0.1, -0.05) is 17.7 Å². The molecule has 2 rings (SSSR count). The second-order valence-corrected chi connectivity index (χ2v) is 5.28. The average molecular weight is 275 g/mol. The van der Waals surface area contributed by atoms with Crippen molar-refractivity contribution in [3.05, 3.63) is 47.9 Å². The molecule has 0 aliphatic heterocycles. The van der Waals surface area contributed by atoms with Crippen LogP contribution in [0.15, 0.2) is 41.6 Å². The van der Waals surface area contributed by atoms with Crippen LogP contribution in [0, 0.1) is 6.92 Å². The second kappa shape index (κ2) is 6.54. The van der Waals surface area contributed by atoms with Gasteiger partial charge < -0.3 is 10.5 Å². The molecule has 0 saturated carbocycles. The minimum Gasteiger partial charge on any atom is -0.480 e. The van der Waals surface area contributed by atoms with Gasteiger partial charge in [0.25, 0.3) is 0 Å². The van der Waals surface area contributed by atoms with Gasteiger partial charge in [-0.3, -0.25) is 4.98 Å². The number of benzene rings is 1. The third-order valence-corrected chi connectivity index (χ3v) is 3.77. The van der Waals surface area contributed by atoms with Crippen LogP contribution in [-0.4, -0.2) is 22.8 Å². The largest absolute Gasteiger partial charge is 0.480 e. The summed E-state index contributed by atoms with van der Waals surface area (Å²) in [6.45, 7) is 2.08. The Morgan fingerprint density at radius 3 is 2.84 bits per heavy atom. The Morgan fingerprint density at radius 1 is 1.32 bits per heavy atom. The molecule has 0 spiro atoms. The highest BCUT2D eigenvalue weighted by Crippen LogP contribution is 2.26. The highest BCUT2D eigenvalue weighted by molar-refractivity contribution is 7.99. The van der Waals surface area contributed by atoms with Crippen molar-refractivity contribution in [2.75, 3.05) is 12.9 Å². The Morgan fingerprint density at radius 2 is 2.11 bits per heavy atom. The molecule has 0 fully saturated rings. The molecule has 0 aliphatic carbocycles. The molecular weight excluding hydrogens is 258 g/mol. The number of thioether (sulfide) groups is 1. The monoisotopic (exact) mass is 275 g/mol. The summed E-state index contributed by atoms with van der Waals surface area (Å²) in [7, 11) is 1.58. The molecule has 0 radical (unpaired) electrons. The molecule has 5 heteroatoms. The molecule has 0 bridgehead atoms. The lowest BCUT2D eigenvalue weighted by molar-refractivity contribution is 0.386. The summed E-state index contributed by atoms with van der Waals surface area (Å²) >= 11 is 1.71. The van der Waals surface area contributed by atoms with Gasteiger partial charge in [0.2, 0.25) is 5.88 Å². The van der Waals surface area contributed by atoms with E-state index in [0.717, 1.165) is 5.75 Å². The first-order chi connectivity index (χ1) is 9.20. The summed E-state index contributed by atoms with van der Waals surface area (Å²) < 4.78 is 5.17. The number of hydrogen-bond acceptors (Lipinski definition) is 5.